The first-order chi connectivity index (χ1) is 12.0. The number of nitrogens with zero attached hydrogens (tertiary/aromatic N) is 3. The summed E-state index contributed by atoms with van der Waals surface area (Å²) in [6, 6.07) is 10.5. The van der Waals surface area contributed by atoms with Crippen molar-refractivity contribution in [3.8, 4) is 0 Å². The van der Waals surface area contributed by atoms with Gasteiger partial charge in [0.25, 0.3) is 0 Å². The minimum absolute atomic E-state index is 0.0268. The molecule has 2 amide bonds. The van der Waals surface area contributed by atoms with Crippen LogP contribution < -0.4 is 0 Å². The topological polar surface area (TPSA) is 60.9 Å². The maximum absolute atomic E-state index is 12.7. The number of sulfone groups is 1. The van der Waals surface area contributed by atoms with Gasteiger partial charge in [-0.25, -0.2) is 13.2 Å². The Hall–Kier alpha value is -1.60. The van der Waals surface area contributed by atoms with E-state index in [1.54, 1.807) is 4.90 Å². The summed E-state index contributed by atoms with van der Waals surface area (Å²) in [5.41, 5.74) is 1.34. The molecule has 2 atom stereocenters. The molecule has 3 saturated heterocycles. The Morgan fingerprint density at radius 2 is 1.52 bits per heavy atom. The molecule has 0 spiro atoms. The van der Waals surface area contributed by atoms with Crippen LogP contribution in [0.4, 0.5) is 4.79 Å². The first kappa shape index (κ1) is 16.8. The van der Waals surface area contributed by atoms with E-state index in [4.69, 9.17) is 0 Å². The van der Waals surface area contributed by atoms with E-state index in [9.17, 15) is 13.2 Å². The highest BCUT2D eigenvalue weighted by Gasteiger charge is 2.42. The highest BCUT2D eigenvalue weighted by Crippen LogP contribution is 2.32. The lowest BCUT2D eigenvalue weighted by Gasteiger charge is -2.31. The van der Waals surface area contributed by atoms with Gasteiger partial charge in [-0.3, -0.25) is 4.90 Å². The largest absolute Gasteiger partial charge is 0.324 e. The van der Waals surface area contributed by atoms with Crippen LogP contribution in [0.2, 0.25) is 0 Å². The van der Waals surface area contributed by atoms with Gasteiger partial charge in [0.15, 0.2) is 9.84 Å². The van der Waals surface area contributed by atoms with Gasteiger partial charge in [0, 0.05) is 45.8 Å². The number of rotatable bonds is 2. The number of carbonyl (C=O) groups excluding carboxylic acids is 1. The minimum atomic E-state index is -2.94. The van der Waals surface area contributed by atoms with Gasteiger partial charge >= 0.3 is 6.03 Å². The quantitative estimate of drug-likeness (QED) is 0.783. The lowest BCUT2D eigenvalue weighted by Crippen LogP contribution is -2.49. The van der Waals surface area contributed by atoms with Gasteiger partial charge in [-0.1, -0.05) is 30.3 Å². The molecule has 7 heteroatoms. The maximum atomic E-state index is 12.7. The second-order valence-corrected chi connectivity index (χ2v) is 9.83. The van der Waals surface area contributed by atoms with Gasteiger partial charge in [-0.15, -0.1) is 0 Å². The van der Waals surface area contributed by atoms with Gasteiger partial charge in [0.2, 0.25) is 0 Å². The van der Waals surface area contributed by atoms with Crippen LogP contribution in [0.3, 0.4) is 0 Å². The summed E-state index contributed by atoms with van der Waals surface area (Å²) in [6.07, 6.45) is 0. The molecule has 1 aromatic carbocycles. The molecule has 1 aromatic rings. The molecule has 3 fully saturated rings. The number of hydrogen-bond acceptors (Lipinski definition) is 4. The normalized spacial score (nSPS) is 29.0. The molecule has 3 heterocycles. The molecule has 0 radical (unpaired) electrons. The number of benzene rings is 1. The fourth-order valence-electron chi connectivity index (χ4n) is 4.32. The zero-order valence-corrected chi connectivity index (χ0v) is 15.2. The summed E-state index contributed by atoms with van der Waals surface area (Å²) in [4.78, 5) is 18.8. The molecule has 3 aliphatic heterocycles. The van der Waals surface area contributed by atoms with E-state index in [1.807, 2.05) is 11.0 Å². The van der Waals surface area contributed by atoms with Crippen LogP contribution in [0.5, 0.6) is 0 Å². The van der Waals surface area contributed by atoms with Crippen LogP contribution in [0.15, 0.2) is 30.3 Å². The van der Waals surface area contributed by atoms with Gasteiger partial charge in [0.1, 0.15) is 0 Å². The van der Waals surface area contributed by atoms with Gasteiger partial charge in [-0.2, -0.15) is 0 Å². The van der Waals surface area contributed by atoms with E-state index >= 15 is 0 Å². The zero-order chi connectivity index (χ0) is 17.4. The number of fused-ring (bicyclic) bond motifs is 1. The average molecular weight is 363 g/mol. The maximum Gasteiger partial charge on any atom is 0.320 e. The molecule has 25 heavy (non-hydrogen) atoms. The zero-order valence-electron chi connectivity index (χ0n) is 14.4. The summed E-state index contributed by atoms with van der Waals surface area (Å²) >= 11 is 0. The van der Waals surface area contributed by atoms with Crippen molar-refractivity contribution in [2.45, 2.75) is 6.54 Å². The molecule has 0 aromatic heterocycles. The van der Waals surface area contributed by atoms with E-state index in [-0.39, 0.29) is 17.5 Å². The van der Waals surface area contributed by atoms with E-state index in [0.29, 0.717) is 24.9 Å². The third-order valence-electron chi connectivity index (χ3n) is 5.70. The van der Waals surface area contributed by atoms with Gasteiger partial charge in [0.05, 0.1) is 11.5 Å². The lowest BCUT2D eigenvalue weighted by atomic mass is 10.0. The van der Waals surface area contributed by atoms with Crippen LogP contribution in [-0.4, -0.2) is 79.9 Å². The van der Waals surface area contributed by atoms with Crippen LogP contribution in [0.1, 0.15) is 5.56 Å². The number of amides is 2. The first-order valence-electron chi connectivity index (χ1n) is 9.01. The Labute approximate surface area is 149 Å². The van der Waals surface area contributed by atoms with Crippen molar-refractivity contribution in [2.75, 3.05) is 50.8 Å². The molecule has 0 N–H and O–H groups in total. The third-order valence-corrected chi connectivity index (χ3v) is 7.31. The van der Waals surface area contributed by atoms with Crippen molar-refractivity contribution in [2.24, 2.45) is 11.8 Å². The van der Waals surface area contributed by atoms with Crippen LogP contribution >= 0.6 is 0 Å². The standard InChI is InChI=1S/C18H25N3O3S/c22-18(20-6-8-25(23,24)9-7-20)21-13-16-11-19(12-17(16)14-21)10-15-4-2-1-3-5-15/h1-5,16-17H,6-14H2/t16-,17+. The molecule has 0 aliphatic carbocycles. The minimum Gasteiger partial charge on any atom is -0.324 e. The van der Waals surface area contributed by atoms with Crippen molar-refractivity contribution >= 4 is 15.9 Å². The van der Waals surface area contributed by atoms with Crippen molar-refractivity contribution in [3.05, 3.63) is 35.9 Å². The fraction of sp³-hybridized carbons (Fsp3) is 0.611. The second-order valence-electron chi connectivity index (χ2n) is 7.53. The number of hydrogen-bond donors (Lipinski definition) is 0. The summed E-state index contributed by atoms with van der Waals surface area (Å²) in [6.45, 7) is 5.34. The summed E-state index contributed by atoms with van der Waals surface area (Å²) in [5, 5.41) is 0. The highest BCUT2D eigenvalue weighted by molar-refractivity contribution is 7.91. The Morgan fingerprint density at radius 1 is 0.920 bits per heavy atom. The first-order valence-corrected chi connectivity index (χ1v) is 10.8. The Morgan fingerprint density at radius 3 is 2.12 bits per heavy atom. The molecule has 4 rings (SSSR count). The number of likely N-dealkylation sites (tertiary alicyclic amines) is 2. The highest BCUT2D eigenvalue weighted by atomic mass is 32.2. The van der Waals surface area contributed by atoms with Gasteiger partial charge < -0.3 is 9.80 Å². The van der Waals surface area contributed by atoms with Crippen molar-refractivity contribution < 1.29 is 13.2 Å². The smallest absolute Gasteiger partial charge is 0.320 e. The van der Waals surface area contributed by atoms with E-state index in [1.165, 1.54) is 5.56 Å². The number of urea groups is 1. The summed E-state index contributed by atoms with van der Waals surface area (Å²) in [7, 11) is -2.94. The van der Waals surface area contributed by atoms with Gasteiger partial charge in [-0.05, 0) is 17.4 Å². The predicted molar refractivity (Wildman–Crippen MR) is 95.9 cm³/mol. The van der Waals surface area contributed by atoms with Crippen molar-refractivity contribution in [1.29, 1.82) is 0 Å². The van der Waals surface area contributed by atoms with E-state index in [2.05, 4.69) is 29.2 Å². The third kappa shape index (κ3) is 3.67. The Bertz CT molecular complexity index is 709. The molecule has 136 valence electrons. The number of carbonyl (C=O) groups is 1. The van der Waals surface area contributed by atoms with Crippen molar-refractivity contribution in [3.63, 3.8) is 0 Å². The Balaban J connectivity index is 1.30. The SMILES string of the molecule is O=C(N1CCS(=O)(=O)CC1)N1C[C@H]2CN(Cc3ccccc3)C[C@H]2C1. The monoisotopic (exact) mass is 363 g/mol. The summed E-state index contributed by atoms with van der Waals surface area (Å²) < 4.78 is 23.1. The predicted octanol–water partition coefficient (Wildman–Crippen LogP) is 0.901. The van der Waals surface area contributed by atoms with E-state index in [0.717, 1.165) is 32.7 Å². The molecule has 0 unspecified atom stereocenters. The second kappa shape index (κ2) is 6.61. The fourth-order valence-corrected chi connectivity index (χ4v) is 5.52. The molecular formula is C18H25N3O3S. The van der Waals surface area contributed by atoms with Crippen LogP contribution in [0, 0.1) is 11.8 Å². The average Bonchev–Trinajstić information content (AvgIpc) is 3.13. The van der Waals surface area contributed by atoms with E-state index < -0.39 is 9.84 Å². The molecular weight excluding hydrogens is 338 g/mol. The molecule has 0 saturated carbocycles. The molecule has 0 bridgehead atoms. The molecule has 3 aliphatic rings. The Kier molecular flexibility index (Phi) is 4.45. The van der Waals surface area contributed by atoms with Crippen LogP contribution in [0.25, 0.3) is 0 Å². The summed E-state index contributed by atoms with van der Waals surface area (Å²) in [5.74, 6) is 1.29. The van der Waals surface area contributed by atoms with Crippen LogP contribution in [-0.2, 0) is 16.4 Å². The van der Waals surface area contributed by atoms with Crippen molar-refractivity contribution in [1.82, 2.24) is 14.7 Å². The lowest BCUT2D eigenvalue weighted by molar-refractivity contribution is 0.159. The molecule has 6 nitrogen and oxygen atoms in total.